The van der Waals surface area contributed by atoms with Crippen molar-refractivity contribution in [3.63, 3.8) is 0 Å². The Labute approximate surface area is 222 Å². The predicted molar refractivity (Wildman–Crippen MR) is 146 cm³/mol. The maximum absolute atomic E-state index is 12.5. The van der Waals surface area contributed by atoms with Crippen LogP contribution in [0.4, 0.5) is 5.69 Å². The fraction of sp³-hybridized carbons (Fsp3) is 0.0345. The molecule has 0 saturated heterocycles. The van der Waals surface area contributed by atoms with Gasteiger partial charge in [-0.15, -0.1) is 0 Å². The molecule has 0 aliphatic heterocycles. The van der Waals surface area contributed by atoms with Crippen molar-refractivity contribution in [3.05, 3.63) is 130 Å². The molecule has 184 valence electrons. The lowest BCUT2D eigenvalue weighted by Gasteiger charge is -2.08. The number of hydrazone groups is 1. The number of carbonyl (C=O) groups is 3. The molecule has 0 radical (unpaired) electrons. The maximum Gasteiger partial charge on any atom is 0.343 e. The summed E-state index contributed by atoms with van der Waals surface area (Å²) in [6, 6.07) is 29.7. The van der Waals surface area contributed by atoms with Crippen LogP contribution in [0.15, 0.2) is 113 Å². The van der Waals surface area contributed by atoms with Gasteiger partial charge in [-0.25, -0.2) is 10.2 Å². The van der Waals surface area contributed by atoms with E-state index in [1.54, 1.807) is 66.7 Å². The zero-order valence-electron chi connectivity index (χ0n) is 19.6. The van der Waals surface area contributed by atoms with Gasteiger partial charge in [0.15, 0.2) is 0 Å². The van der Waals surface area contributed by atoms with Gasteiger partial charge in [0.05, 0.1) is 18.2 Å². The number of benzene rings is 4. The van der Waals surface area contributed by atoms with Gasteiger partial charge in [-0.3, -0.25) is 9.59 Å². The highest BCUT2D eigenvalue weighted by molar-refractivity contribution is 9.10. The van der Waals surface area contributed by atoms with Crippen LogP contribution >= 0.6 is 15.9 Å². The maximum atomic E-state index is 12.5. The van der Waals surface area contributed by atoms with Gasteiger partial charge in [0, 0.05) is 21.3 Å². The first-order valence-corrected chi connectivity index (χ1v) is 12.1. The van der Waals surface area contributed by atoms with Crippen LogP contribution in [0.1, 0.15) is 31.8 Å². The summed E-state index contributed by atoms with van der Waals surface area (Å²) in [5, 5.41) is 6.82. The lowest BCUT2D eigenvalue weighted by molar-refractivity contribution is -0.115. The first kappa shape index (κ1) is 25.5. The Morgan fingerprint density at radius 2 is 1.49 bits per heavy atom. The molecule has 4 rings (SSSR count). The van der Waals surface area contributed by atoms with Crippen LogP contribution in [0.2, 0.25) is 0 Å². The van der Waals surface area contributed by atoms with Crippen molar-refractivity contribution in [2.75, 3.05) is 5.32 Å². The SMILES string of the molecule is O=C(Cc1ccccc1)Nc1ccc(C(=O)N/N=C\c2cc(Br)ccc2OC(=O)c2ccccc2)cc1. The number of nitrogens with zero attached hydrogens (tertiary/aromatic N) is 1. The van der Waals surface area contributed by atoms with Gasteiger partial charge in [-0.2, -0.15) is 5.10 Å². The van der Waals surface area contributed by atoms with Gasteiger partial charge in [0.2, 0.25) is 5.91 Å². The molecule has 37 heavy (non-hydrogen) atoms. The Morgan fingerprint density at radius 3 is 2.19 bits per heavy atom. The van der Waals surface area contributed by atoms with E-state index in [2.05, 4.69) is 31.8 Å². The van der Waals surface area contributed by atoms with E-state index in [9.17, 15) is 14.4 Å². The molecule has 4 aromatic rings. The molecule has 2 amide bonds. The topological polar surface area (TPSA) is 96.9 Å². The number of esters is 1. The zero-order valence-corrected chi connectivity index (χ0v) is 21.1. The Morgan fingerprint density at radius 1 is 0.811 bits per heavy atom. The normalized spacial score (nSPS) is 10.6. The van der Waals surface area contributed by atoms with E-state index in [0.29, 0.717) is 28.1 Å². The molecule has 8 heteroatoms. The largest absolute Gasteiger partial charge is 0.422 e. The van der Waals surface area contributed by atoms with Crippen molar-refractivity contribution in [1.82, 2.24) is 5.43 Å². The van der Waals surface area contributed by atoms with E-state index < -0.39 is 11.9 Å². The van der Waals surface area contributed by atoms with Crippen LogP contribution in [-0.2, 0) is 11.2 Å². The molecule has 7 nitrogen and oxygen atoms in total. The number of hydrogen-bond acceptors (Lipinski definition) is 5. The molecule has 0 aliphatic rings. The van der Waals surface area contributed by atoms with E-state index >= 15 is 0 Å². The molecule has 0 spiro atoms. The highest BCUT2D eigenvalue weighted by Crippen LogP contribution is 2.23. The number of rotatable bonds is 8. The summed E-state index contributed by atoms with van der Waals surface area (Å²) in [5.74, 6) is -0.787. The molecular weight excluding hydrogens is 534 g/mol. The minimum Gasteiger partial charge on any atom is -0.422 e. The first-order valence-electron chi connectivity index (χ1n) is 11.3. The number of halogens is 1. The summed E-state index contributed by atoms with van der Waals surface area (Å²) in [6.07, 6.45) is 1.66. The molecular formula is C29H22BrN3O4. The Kier molecular flexibility index (Phi) is 8.57. The van der Waals surface area contributed by atoms with Gasteiger partial charge in [-0.05, 0) is 60.2 Å². The predicted octanol–water partition coefficient (Wildman–Crippen LogP) is 5.61. The fourth-order valence-electron chi connectivity index (χ4n) is 3.36. The van der Waals surface area contributed by atoms with Crippen molar-refractivity contribution in [1.29, 1.82) is 0 Å². The number of amides is 2. The fourth-order valence-corrected chi connectivity index (χ4v) is 3.74. The number of hydrogen-bond donors (Lipinski definition) is 2. The summed E-state index contributed by atoms with van der Waals surface area (Å²) in [5.41, 5.74) is 5.23. The summed E-state index contributed by atoms with van der Waals surface area (Å²) < 4.78 is 6.27. The highest BCUT2D eigenvalue weighted by atomic mass is 79.9. The van der Waals surface area contributed by atoms with Crippen LogP contribution < -0.4 is 15.5 Å². The van der Waals surface area contributed by atoms with Crippen molar-refractivity contribution in [2.45, 2.75) is 6.42 Å². The van der Waals surface area contributed by atoms with Crippen LogP contribution in [-0.4, -0.2) is 24.0 Å². The summed E-state index contributed by atoms with van der Waals surface area (Å²) in [6.45, 7) is 0. The van der Waals surface area contributed by atoms with Gasteiger partial charge in [0.25, 0.3) is 5.91 Å². The molecule has 0 bridgehead atoms. The van der Waals surface area contributed by atoms with Crippen molar-refractivity contribution in [3.8, 4) is 5.75 Å². The van der Waals surface area contributed by atoms with E-state index in [1.165, 1.54) is 6.21 Å². The second-order valence-corrected chi connectivity index (χ2v) is 8.84. The Bertz CT molecular complexity index is 1420. The minimum atomic E-state index is -0.502. The van der Waals surface area contributed by atoms with E-state index in [0.717, 1.165) is 10.0 Å². The molecule has 0 saturated carbocycles. The highest BCUT2D eigenvalue weighted by Gasteiger charge is 2.12. The third-order valence-corrected chi connectivity index (χ3v) is 5.69. The molecule has 0 aliphatic carbocycles. The molecule has 0 unspecified atom stereocenters. The van der Waals surface area contributed by atoms with Crippen LogP contribution in [0.3, 0.4) is 0 Å². The van der Waals surface area contributed by atoms with Crippen LogP contribution in [0, 0.1) is 0 Å². The first-order chi connectivity index (χ1) is 18.0. The van der Waals surface area contributed by atoms with Gasteiger partial charge >= 0.3 is 5.97 Å². The monoisotopic (exact) mass is 555 g/mol. The summed E-state index contributed by atoms with van der Waals surface area (Å²) in [7, 11) is 0. The van der Waals surface area contributed by atoms with E-state index in [-0.39, 0.29) is 12.3 Å². The van der Waals surface area contributed by atoms with Gasteiger partial charge < -0.3 is 10.1 Å². The summed E-state index contributed by atoms with van der Waals surface area (Å²) in [4.78, 5) is 37.2. The number of carbonyl (C=O) groups excluding carboxylic acids is 3. The molecule has 0 fully saturated rings. The van der Waals surface area contributed by atoms with E-state index in [1.807, 2.05) is 36.4 Å². The average molecular weight is 556 g/mol. The van der Waals surface area contributed by atoms with Crippen molar-refractivity contribution in [2.24, 2.45) is 5.10 Å². The van der Waals surface area contributed by atoms with E-state index in [4.69, 9.17) is 4.74 Å². The quantitative estimate of drug-likeness (QED) is 0.128. The standard InChI is InChI=1S/C29H22BrN3O4/c30-24-13-16-26(37-29(36)22-9-5-2-6-10-22)23(18-24)19-31-33-28(35)21-11-14-25(15-12-21)32-27(34)17-20-7-3-1-4-8-20/h1-16,18-19H,17H2,(H,32,34)(H,33,35)/b31-19-. The van der Waals surface area contributed by atoms with Crippen LogP contribution in [0.5, 0.6) is 5.75 Å². The van der Waals surface area contributed by atoms with Crippen LogP contribution in [0.25, 0.3) is 0 Å². The van der Waals surface area contributed by atoms with Crippen molar-refractivity contribution >= 4 is 45.6 Å². The lowest BCUT2D eigenvalue weighted by atomic mass is 10.1. The van der Waals surface area contributed by atoms with Crippen molar-refractivity contribution < 1.29 is 19.1 Å². The second kappa shape index (κ2) is 12.4. The minimum absolute atomic E-state index is 0.147. The molecule has 0 aromatic heterocycles. The molecule has 2 N–H and O–H groups in total. The third-order valence-electron chi connectivity index (χ3n) is 5.19. The smallest absolute Gasteiger partial charge is 0.343 e. The molecule has 4 aromatic carbocycles. The van der Waals surface area contributed by atoms with Gasteiger partial charge in [0.1, 0.15) is 5.75 Å². The zero-order chi connectivity index (χ0) is 26.0. The summed E-state index contributed by atoms with van der Waals surface area (Å²) >= 11 is 3.39. The average Bonchev–Trinajstić information content (AvgIpc) is 2.91. The molecule has 0 atom stereocenters. The van der Waals surface area contributed by atoms with Gasteiger partial charge in [-0.1, -0.05) is 64.5 Å². The number of anilines is 1. The second-order valence-electron chi connectivity index (χ2n) is 7.92. The lowest BCUT2D eigenvalue weighted by Crippen LogP contribution is -2.18. The third kappa shape index (κ3) is 7.46. The molecule has 0 heterocycles. The number of ether oxygens (including phenoxy) is 1. The Hall–Kier alpha value is -4.56. The Balaban J connectivity index is 1.35. The number of nitrogens with one attached hydrogen (secondary N) is 2.